The van der Waals surface area contributed by atoms with Crippen LogP contribution in [-0.4, -0.2) is 65.1 Å². The molecule has 0 saturated carbocycles. The Morgan fingerprint density at radius 2 is 1.50 bits per heavy atom. The highest BCUT2D eigenvalue weighted by Gasteiger charge is 2.35. The largest absolute Gasteiger partial charge is 0.495 e. The van der Waals surface area contributed by atoms with E-state index in [4.69, 9.17) is 25.8 Å². The van der Waals surface area contributed by atoms with E-state index in [1.807, 2.05) is 51.1 Å². The molecule has 0 fully saturated rings. The maximum atomic E-state index is 14.3. The number of hydrogen-bond acceptors (Lipinski definition) is 7. The van der Waals surface area contributed by atoms with Crippen LogP contribution >= 0.6 is 11.6 Å². The number of benzene rings is 3. The van der Waals surface area contributed by atoms with Crippen molar-refractivity contribution >= 4 is 39.1 Å². The third kappa shape index (κ3) is 8.15. The average Bonchev–Trinajstić information content (AvgIpc) is 3.03. The number of carbonyl (C=O) groups excluding carboxylic acids is 2. The summed E-state index contributed by atoms with van der Waals surface area (Å²) in [5.74, 6) is -0.202. The number of carbonyl (C=O) groups is 2. The molecule has 3 aromatic carbocycles. The average molecular weight is 646 g/mol. The first-order valence-electron chi connectivity index (χ1n) is 14.2. The second kappa shape index (κ2) is 15.7. The van der Waals surface area contributed by atoms with E-state index < -0.39 is 28.5 Å². The molecule has 3 rings (SSSR count). The Balaban J connectivity index is 2.16. The van der Waals surface area contributed by atoms with Gasteiger partial charge in [-0.3, -0.25) is 13.9 Å². The Kier molecular flexibility index (Phi) is 12.3. The summed E-state index contributed by atoms with van der Waals surface area (Å²) in [4.78, 5) is 29.0. The summed E-state index contributed by atoms with van der Waals surface area (Å²) in [5, 5.41) is 3.20. The predicted molar refractivity (Wildman–Crippen MR) is 171 cm³/mol. The zero-order valence-electron chi connectivity index (χ0n) is 25.9. The normalized spacial score (nSPS) is 12.5. The van der Waals surface area contributed by atoms with E-state index in [-0.39, 0.29) is 45.6 Å². The van der Waals surface area contributed by atoms with Crippen molar-refractivity contribution < 1.29 is 32.2 Å². The van der Waals surface area contributed by atoms with Gasteiger partial charge in [-0.2, -0.15) is 0 Å². The van der Waals surface area contributed by atoms with Crippen LogP contribution < -0.4 is 23.8 Å². The van der Waals surface area contributed by atoms with Crippen LogP contribution in [0.25, 0.3) is 0 Å². The molecule has 0 aliphatic rings. The Labute approximate surface area is 264 Å². The Morgan fingerprint density at radius 1 is 0.864 bits per heavy atom. The van der Waals surface area contributed by atoms with Crippen LogP contribution in [0.3, 0.4) is 0 Å². The van der Waals surface area contributed by atoms with Crippen LogP contribution in [0, 0.1) is 0 Å². The molecule has 0 unspecified atom stereocenters. The van der Waals surface area contributed by atoms with Gasteiger partial charge < -0.3 is 24.4 Å². The van der Waals surface area contributed by atoms with E-state index >= 15 is 0 Å². The fraction of sp³-hybridized carbons (Fsp3) is 0.375. The molecule has 3 aromatic rings. The quantitative estimate of drug-likeness (QED) is 0.239. The molecular formula is C32H40ClN3O7S. The van der Waals surface area contributed by atoms with Gasteiger partial charge in [0.15, 0.2) is 11.5 Å². The first kappa shape index (κ1) is 34.5. The maximum absolute atomic E-state index is 14.3. The molecule has 238 valence electrons. The van der Waals surface area contributed by atoms with Gasteiger partial charge in [-0.1, -0.05) is 55.8 Å². The number of nitrogens with zero attached hydrogens (tertiary/aromatic N) is 2. The number of sulfonamides is 1. The second-order valence-corrected chi connectivity index (χ2v) is 12.4. The zero-order chi connectivity index (χ0) is 32.4. The molecule has 1 N–H and O–H groups in total. The second-order valence-electron chi connectivity index (χ2n) is 10.1. The molecule has 10 nitrogen and oxygen atoms in total. The summed E-state index contributed by atoms with van der Waals surface area (Å²) in [6.07, 6.45) is 1.02. The molecule has 12 heteroatoms. The number of nitrogens with one attached hydrogen (secondary N) is 1. The van der Waals surface area contributed by atoms with Crippen LogP contribution in [0.1, 0.15) is 39.2 Å². The van der Waals surface area contributed by atoms with Gasteiger partial charge in [-0.15, -0.1) is 0 Å². The number of hydrogen-bond donors (Lipinski definition) is 1. The summed E-state index contributed by atoms with van der Waals surface area (Å²) in [6.45, 7) is 5.09. The Bertz CT molecular complexity index is 1540. The minimum Gasteiger partial charge on any atom is -0.495 e. The van der Waals surface area contributed by atoms with Gasteiger partial charge in [0, 0.05) is 23.7 Å². The number of halogens is 1. The molecule has 0 aliphatic heterocycles. The number of amides is 2. The summed E-state index contributed by atoms with van der Waals surface area (Å²) in [5.41, 5.74) is 0.838. The highest BCUT2D eigenvalue weighted by Crippen LogP contribution is 2.37. The molecule has 0 spiro atoms. The summed E-state index contributed by atoms with van der Waals surface area (Å²) in [6, 6.07) is 16.9. The van der Waals surface area contributed by atoms with E-state index in [1.54, 1.807) is 6.07 Å². The van der Waals surface area contributed by atoms with E-state index in [0.29, 0.717) is 18.6 Å². The molecule has 0 aromatic heterocycles. The molecule has 0 saturated heterocycles. The first-order valence-corrected chi connectivity index (χ1v) is 16.0. The molecule has 44 heavy (non-hydrogen) atoms. The molecule has 0 aliphatic carbocycles. The van der Waals surface area contributed by atoms with Crippen LogP contribution in [0.4, 0.5) is 5.69 Å². The number of rotatable bonds is 15. The van der Waals surface area contributed by atoms with E-state index in [9.17, 15) is 18.0 Å². The lowest BCUT2D eigenvalue weighted by Crippen LogP contribution is -2.53. The van der Waals surface area contributed by atoms with Crippen LogP contribution in [0.2, 0.25) is 5.02 Å². The van der Waals surface area contributed by atoms with Gasteiger partial charge in [0.25, 0.3) is 10.0 Å². The summed E-state index contributed by atoms with van der Waals surface area (Å²) in [7, 11) is -0.198. The third-order valence-corrected chi connectivity index (χ3v) is 9.20. The molecule has 0 heterocycles. The highest BCUT2D eigenvalue weighted by molar-refractivity contribution is 7.92. The lowest BCUT2D eigenvalue weighted by atomic mass is 10.1. The topological polar surface area (TPSA) is 114 Å². The molecule has 0 radical (unpaired) electrons. The smallest absolute Gasteiger partial charge is 0.265 e. The first-order chi connectivity index (χ1) is 21.0. The lowest BCUT2D eigenvalue weighted by molar-refractivity contribution is -0.140. The summed E-state index contributed by atoms with van der Waals surface area (Å²) >= 11 is 6.32. The SMILES string of the molecule is CC[C@H](C(=O)N[C@@H](C)CC)N(Cc1ccccc1)C(=O)CN(c1cc(Cl)ccc1OC)S(=O)(=O)c1ccc(OC)c(OC)c1. The van der Waals surface area contributed by atoms with Gasteiger partial charge in [0.1, 0.15) is 18.3 Å². The van der Waals surface area contributed by atoms with Gasteiger partial charge in [0.05, 0.1) is 31.9 Å². The van der Waals surface area contributed by atoms with Crippen molar-refractivity contribution in [3.63, 3.8) is 0 Å². The maximum Gasteiger partial charge on any atom is 0.265 e. The number of ether oxygens (including phenoxy) is 3. The zero-order valence-corrected chi connectivity index (χ0v) is 27.4. The number of anilines is 1. The predicted octanol–water partition coefficient (Wildman–Crippen LogP) is 5.28. The standard InChI is InChI=1S/C32H40ClN3O7S/c1-7-22(3)34-32(38)26(8-2)35(20-23-12-10-9-11-13-23)31(37)21-36(27-18-24(33)14-16-28(27)41-4)44(39,40)25-15-17-29(42-5)30(19-25)43-6/h9-19,22,26H,7-8,20-21H2,1-6H3,(H,34,38)/t22-,26+/m0/s1. The lowest BCUT2D eigenvalue weighted by Gasteiger charge is -2.34. The van der Waals surface area contributed by atoms with Crippen LogP contribution in [0.5, 0.6) is 17.2 Å². The van der Waals surface area contributed by atoms with Crippen molar-refractivity contribution in [3.05, 3.63) is 77.3 Å². The van der Waals surface area contributed by atoms with Crippen molar-refractivity contribution in [2.24, 2.45) is 0 Å². The monoisotopic (exact) mass is 645 g/mol. The molecule has 0 bridgehead atoms. The fourth-order valence-electron chi connectivity index (χ4n) is 4.62. The van der Waals surface area contributed by atoms with Gasteiger partial charge in [-0.05, 0) is 55.7 Å². The van der Waals surface area contributed by atoms with Crippen molar-refractivity contribution in [2.75, 3.05) is 32.2 Å². The van der Waals surface area contributed by atoms with Gasteiger partial charge >= 0.3 is 0 Å². The fourth-order valence-corrected chi connectivity index (χ4v) is 6.22. The molecule has 2 amide bonds. The Hall–Kier alpha value is -3.96. The summed E-state index contributed by atoms with van der Waals surface area (Å²) < 4.78 is 45.7. The van der Waals surface area contributed by atoms with Gasteiger partial charge in [-0.25, -0.2) is 8.42 Å². The van der Waals surface area contributed by atoms with Gasteiger partial charge in [0.2, 0.25) is 11.8 Å². The van der Waals surface area contributed by atoms with Crippen molar-refractivity contribution in [1.82, 2.24) is 10.2 Å². The number of methoxy groups -OCH3 is 3. The van der Waals surface area contributed by atoms with Crippen molar-refractivity contribution in [3.8, 4) is 17.2 Å². The highest BCUT2D eigenvalue weighted by atomic mass is 35.5. The van der Waals surface area contributed by atoms with E-state index in [1.165, 1.54) is 56.6 Å². The Morgan fingerprint density at radius 3 is 2.09 bits per heavy atom. The minimum absolute atomic E-state index is 0.0555. The van der Waals surface area contributed by atoms with Crippen molar-refractivity contribution in [1.29, 1.82) is 0 Å². The third-order valence-electron chi connectivity index (χ3n) is 7.21. The van der Waals surface area contributed by atoms with Crippen LogP contribution in [0.15, 0.2) is 71.6 Å². The van der Waals surface area contributed by atoms with Crippen molar-refractivity contribution in [2.45, 2.75) is 57.1 Å². The van der Waals surface area contributed by atoms with E-state index in [0.717, 1.165) is 9.87 Å². The minimum atomic E-state index is -4.43. The molecular weight excluding hydrogens is 606 g/mol. The van der Waals surface area contributed by atoms with Crippen LogP contribution in [-0.2, 0) is 26.2 Å². The molecule has 2 atom stereocenters. The van der Waals surface area contributed by atoms with E-state index in [2.05, 4.69) is 5.32 Å².